The smallest absolute Gasteiger partial charge is 0.159 e. The van der Waals surface area contributed by atoms with Gasteiger partial charge < -0.3 is 0 Å². The van der Waals surface area contributed by atoms with Crippen molar-refractivity contribution in [3.05, 3.63) is 35.4 Å². The zero-order chi connectivity index (χ0) is 15.5. The number of carbonyl (C=O) groups is 1. The Morgan fingerprint density at radius 3 is 2.24 bits per heavy atom. The van der Waals surface area contributed by atoms with Gasteiger partial charge in [0.25, 0.3) is 0 Å². The van der Waals surface area contributed by atoms with Crippen LogP contribution in [-0.2, 0) is 11.2 Å². The Hall–Kier alpha value is -1.29. The molecule has 0 bridgehead atoms. The maximum absolute atomic E-state index is 13.3. The van der Waals surface area contributed by atoms with Crippen LogP contribution in [0.25, 0.3) is 0 Å². The van der Waals surface area contributed by atoms with Gasteiger partial charge in [-0.3, -0.25) is 9.69 Å². The summed E-state index contributed by atoms with van der Waals surface area (Å²) in [7, 11) is 3.88. The maximum atomic E-state index is 13.3. The first kappa shape index (κ1) is 16.1. The maximum Gasteiger partial charge on any atom is 0.159 e. The molecule has 0 amide bonds. The molecular formula is C17H23F2NO. The van der Waals surface area contributed by atoms with Gasteiger partial charge in [-0.25, -0.2) is 8.78 Å². The number of hydrogen-bond acceptors (Lipinski definition) is 2. The van der Waals surface area contributed by atoms with Crippen LogP contribution in [0.1, 0.15) is 44.1 Å². The van der Waals surface area contributed by atoms with Gasteiger partial charge in [-0.05, 0) is 44.6 Å². The summed E-state index contributed by atoms with van der Waals surface area (Å²) in [5, 5.41) is 0. The second kappa shape index (κ2) is 6.65. The molecule has 0 N–H and O–H groups in total. The summed E-state index contributed by atoms with van der Waals surface area (Å²) < 4.78 is 26.3. The van der Waals surface area contributed by atoms with Crippen molar-refractivity contribution in [3.63, 3.8) is 0 Å². The molecular weight excluding hydrogens is 272 g/mol. The molecule has 0 aromatic heterocycles. The zero-order valence-electron chi connectivity index (χ0n) is 12.8. The summed E-state index contributed by atoms with van der Waals surface area (Å²) in [6.45, 7) is 0. The number of benzene rings is 1. The Morgan fingerprint density at radius 2 is 1.71 bits per heavy atom. The minimum absolute atomic E-state index is 0.111. The molecule has 1 aliphatic carbocycles. The predicted molar refractivity (Wildman–Crippen MR) is 79.2 cm³/mol. The van der Waals surface area contributed by atoms with Gasteiger partial charge in [-0.15, -0.1) is 0 Å². The number of likely N-dealkylation sites (N-methyl/N-ethyl adjacent to an activating group) is 1. The summed E-state index contributed by atoms with van der Waals surface area (Å²) in [5.74, 6) is -1.65. The van der Waals surface area contributed by atoms with E-state index in [1.807, 2.05) is 19.0 Å². The van der Waals surface area contributed by atoms with Gasteiger partial charge in [0.15, 0.2) is 17.4 Å². The highest BCUT2D eigenvalue weighted by Gasteiger charge is 2.39. The van der Waals surface area contributed by atoms with Crippen LogP contribution in [0.4, 0.5) is 8.78 Å². The SMILES string of the molecule is CN(C)C1(C(=O)Cc2ccc(F)c(F)c2)CCCCCC1. The fraction of sp³-hybridized carbons (Fsp3) is 0.588. The van der Waals surface area contributed by atoms with Crippen LogP contribution in [0.5, 0.6) is 0 Å². The molecule has 2 nitrogen and oxygen atoms in total. The van der Waals surface area contributed by atoms with Crippen LogP contribution in [-0.4, -0.2) is 30.3 Å². The molecule has 0 heterocycles. The van der Waals surface area contributed by atoms with E-state index in [1.54, 1.807) is 0 Å². The van der Waals surface area contributed by atoms with Crippen molar-refractivity contribution in [2.75, 3.05) is 14.1 Å². The molecule has 0 atom stereocenters. The van der Waals surface area contributed by atoms with Gasteiger partial charge in [-0.1, -0.05) is 31.7 Å². The van der Waals surface area contributed by atoms with Crippen molar-refractivity contribution in [3.8, 4) is 0 Å². The minimum atomic E-state index is -0.889. The third-order valence-electron chi connectivity index (χ3n) is 4.65. The Bertz CT molecular complexity index is 506. The molecule has 1 aromatic carbocycles. The van der Waals surface area contributed by atoms with E-state index in [2.05, 4.69) is 0 Å². The Labute approximate surface area is 125 Å². The highest BCUT2D eigenvalue weighted by molar-refractivity contribution is 5.90. The normalized spacial score (nSPS) is 18.5. The van der Waals surface area contributed by atoms with E-state index in [1.165, 1.54) is 6.07 Å². The quantitative estimate of drug-likeness (QED) is 0.789. The predicted octanol–water partition coefficient (Wildman–Crippen LogP) is 3.73. The molecule has 0 spiro atoms. The van der Waals surface area contributed by atoms with E-state index in [0.717, 1.165) is 50.7 Å². The number of halogens is 2. The zero-order valence-corrected chi connectivity index (χ0v) is 12.8. The highest BCUT2D eigenvalue weighted by atomic mass is 19.2. The van der Waals surface area contributed by atoms with Gasteiger partial charge >= 0.3 is 0 Å². The fourth-order valence-electron chi connectivity index (χ4n) is 3.29. The molecule has 1 fully saturated rings. The van der Waals surface area contributed by atoms with E-state index in [-0.39, 0.29) is 12.2 Å². The molecule has 0 unspecified atom stereocenters. The molecule has 4 heteroatoms. The third-order valence-corrected chi connectivity index (χ3v) is 4.65. The van der Waals surface area contributed by atoms with Gasteiger partial charge in [0, 0.05) is 6.42 Å². The molecule has 21 heavy (non-hydrogen) atoms. The molecule has 116 valence electrons. The van der Waals surface area contributed by atoms with Gasteiger partial charge in [0.1, 0.15) is 0 Å². The Balaban J connectivity index is 2.20. The van der Waals surface area contributed by atoms with Crippen LogP contribution >= 0.6 is 0 Å². The van der Waals surface area contributed by atoms with Crippen molar-refractivity contribution in [2.24, 2.45) is 0 Å². The summed E-state index contributed by atoms with van der Waals surface area (Å²) in [5.41, 5.74) is 0.0887. The van der Waals surface area contributed by atoms with Crippen molar-refractivity contribution in [1.82, 2.24) is 4.90 Å². The molecule has 2 rings (SSSR count). The summed E-state index contributed by atoms with van der Waals surface area (Å²) in [6, 6.07) is 3.72. The number of Topliss-reactive ketones (excluding diaryl/α,β-unsaturated/α-hetero) is 1. The molecule has 1 aromatic rings. The van der Waals surface area contributed by atoms with Gasteiger partial charge in [0.2, 0.25) is 0 Å². The molecule has 0 saturated heterocycles. The molecule has 0 radical (unpaired) electrons. The summed E-state index contributed by atoms with van der Waals surface area (Å²) >= 11 is 0. The first-order valence-corrected chi connectivity index (χ1v) is 7.60. The fourth-order valence-corrected chi connectivity index (χ4v) is 3.29. The summed E-state index contributed by atoms with van der Waals surface area (Å²) in [4.78, 5) is 14.8. The topological polar surface area (TPSA) is 20.3 Å². The van der Waals surface area contributed by atoms with Crippen molar-refractivity contribution in [2.45, 2.75) is 50.5 Å². The minimum Gasteiger partial charge on any atom is -0.297 e. The number of hydrogen-bond donors (Lipinski definition) is 0. The number of carbonyl (C=O) groups excluding carboxylic acids is 1. The number of ketones is 1. The molecule has 1 aliphatic rings. The van der Waals surface area contributed by atoms with Crippen LogP contribution in [0, 0.1) is 11.6 Å². The third kappa shape index (κ3) is 3.49. The monoisotopic (exact) mass is 295 g/mol. The Morgan fingerprint density at radius 1 is 1.10 bits per heavy atom. The van der Waals surface area contributed by atoms with Crippen LogP contribution in [0.3, 0.4) is 0 Å². The largest absolute Gasteiger partial charge is 0.297 e. The average molecular weight is 295 g/mol. The summed E-state index contributed by atoms with van der Waals surface area (Å²) in [6.07, 6.45) is 6.27. The standard InChI is InChI=1S/C17H23F2NO/c1-20(2)17(9-5-3-4-6-10-17)16(21)12-13-7-8-14(18)15(19)11-13/h7-8,11H,3-6,9-10,12H2,1-2H3. The Kier molecular flexibility index (Phi) is 5.09. The average Bonchev–Trinajstić information content (AvgIpc) is 2.69. The molecule has 1 saturated carbocycles. The lowest BCUT2D eigenvalue weighted by atomic mass is 9.82. The lowest BCUT2D eigenvalue weighted by Crippen LogP contribution is -2.51. The van der Waals surface area contributed by atoms with Gasteiger partial charge in [-0.2, -0.15) is 0 Å². The highest BCUT2D eigenvalue weighted by Crippen LogP contribution is 2.33. The van der Waals surface area contributed by atoms with E-state index < -0.39 is 17.2 Å². The van der Waals surface area contributed by atoms with E-state index in [0.29, 0.717) is 5.56 Å². The second-order valence-corrected chi connectivity index (χ2v) is 6.19. The van der Waals surface area contributed by atoms with Crippen molar-refractivity contribution < 1.29 is 13.6 Å². The van der Waals surface area contributed by atoms with Crippen LogP contribution in [0.2, 0.25) is 0 Å². The van der Waals surface area contributed by atoms with E-state index >= 15 is 0 Å². The second-order valence-electron chi connectivity index (χ2n) is 6.19. The molecule has 0 aliphatic heterocycles. The van der Waals surface area contributed by atoms with Crippen molar-refractivity contribution in [1.29, 1.82) is 0 Å². The number of nitrogens with zero attached hydrogens (tertiary/aromatic N) is 1. The number of rotatable bonds is 4. The van der Waals surface area contributed by atoms with E-state index in [4.69, 9.17) is 0 Å². The lowest BCUT2D eigenvalue weighted by molar-refractivity contribution is -0.130. The van der Waals surface area contributed by atoms with E-state index in [9.17, 15) is 13.6 Å². The first-order chi connectivity index (χ1) is 9.95. The lowest BCUT2D eigenvalue weighted by Gasteiger charge is -2.38. The van der Waals surface area contributed by atoms with Crippen molar-refractivity contribution >= 4 is 5.78 Å². The van der Waals surface area contributed by atoms with Crippen LogP contribution in [0.15, 0.2) is 18.2 Å². The van der Waals surface area contributed by atoms with Gasteiger partial charge in [0.05, 0.1) is 5.54 Å². The van der Waals surface area contributed by atoms with Crippen LogP contribution < -0.4 is 0 Å². The first-order valence-electron chi connectivity index (χ1n) is 7.60.